The van der Waals surface area contributed by atoms with E-state index in [4.69, 9.17) is 9.72 Å². The van der Waals surface area contributed by atoms with Gasteiger partial charge in [-0.3, -0.25) is 4.79 Å². The van der Waals surface area contributed by atoms with Gasteiger partial charge in [-0.15, -0.1) is 0 Å². The molecule has 2 aromatic heterocycles. The van der Waals surface area contributed by atoms with Gasteiger partial charge in [0.05, 0.1) is 29.5 Å². The molecule has 0 spiro atoms. The number of hydrogen-bond acceptors (Lipinski definition) is 8. The molecule has 1 aliphatic rings. The van der Waals surface area contributed by atoms with Gasteiger partial charge in [0.15, 0.2) is 11.6 Å². The summed E-state index contributed by atoms with van der Waals surface area (Å²) in [4.78, 5) is 21.9. The number of rotatable bonds is 10. The Bertz CT molecular complexity index is 1510. The Morgan fingerprint density at radius 2 is 1.84 bits per heavy atom. The molecule has 2 aromatic carbocycles. The van der Waals surface area contributed by atoms with Crippen molar-refractivity contribution in [2.45, 2.75) is 38.1 Å². The molecule has 1 N–H and O–H groups in total. The number of carbonyl (C=O) groups excluding carboxylic acids is 1. The topological polar surface area (TPSA) is 116 Å². The molecule has 0 unspecified atom stereocenters. The molecule has 2 heterocycles. The summed E-state index contributed by atoms with van der Waals surface area (Å²) in [5, 5.41) is 8.79. The number of ether oxygens (including phenoxy) is 1. The number of hydrogen-bond donors (Lipinski definition) is 1. The molecule has 1 saturated carbocycles. The number of Topliss-reactive ketones (excluding diaryl/α,β-unsaturated/α-hetero) is 1. The zero-order valence-corrected chi connectivity index (χ0v) is 22.1. The zero-order valence-electron chi connectivity index (χ0n) is 21.3. The second kappa shape index (κ2) is 11.3. The highest BCUT2D eigenvalue weighted by Crippen LogP contribution is 2.30. The van der Waals surface area contributed by atoms with E-state index in [2.05, 4.69) is 15.4 Å². The number of carbonyl (C=O) groups is 1. The molecular formula is C28H31N5O4S. The van der Waals surface area contributed by atoms with Crippen molar-refractivity contribution in [1.29, 1.82) is 0 Å². The number of ketones is 1. The molecule has 0 atom stereocenters. The maximum absolute atomic E-state index is 12.8. The number of nitrogens with zero attached hydrogens (tertiary/aromatic N) is 4. The van der Waals surface area contributed by atoms with E-state index in [9.17, 15) is 13.2 Å². The maximum Gasteiger partial charge on any atom is 0.224 e. The first kappa shape index (κ1) is 25.8. The summed E-state index contributed by atoms with van der Waals surface area (Å²) in [6, 6.07) is 17.2. The van der Waals surface area contributed by atoms with Gasteiger partial charge >= 0.3 is 0 Å². The van der Waals surface area contributed by atoms with E-state index in [1.54, 1.807) is 23.1 Å². The molecule has 10 heteroatoms. The first-order chi connectivity index (χ1) is 18.4. The summed E-state index contributed by atoms with van der Waals surface area (Å²) in [5.74, 6) is 2.17. The maximum atomic E-state index is 12.8. The van der Waals surface area contributed by atoms with Gasteiger partial charge in [0, 0.05) is 36.0 Å². The van der Waals surface area contributed by atoms with Gasteiger partial charge < -0.3 is 10.1 Å². The summed E-state index contributed by atoms with van der Waals surface area (Å²) in [5.41, 5.74) is 1.61. The normalized spacial score (nSPS) is 17.8. The van der Waals surface area contributed by atoms with Gasteiger partial charge in [-0.05, 0) is 44.2 Å². The van der Waals surface area contributed by atoms with Gasteiger partial charge in [0.25, 0.3) is 0 Å². The summed E-state index contributed by atoms with van der Waals surface area (Å²) >= 11 is 0. The Labute approximate surface area is 222 Å². The minimum Gasteiger partial charge on any atom is -0.493 e. The predicted octanol–water partition coefficient (Wildman–Crippen LogP) is 4.48. The van der Waals surface area contributed by atoms with Crippen LogP contribution >= 0.6 is 0 Å². The van der Waals surface area contributed by atoms with Crippen molar-refractivity contribution in [2.24, 2.45) is 5.92 Å². The largest absolute Gasteiger partial charge is 0.493 e. The van der Waals surface area contributed by atoms with Crippen molar-refractivity contribution in [2.75, 3.05) is 23.9 Å². The van der Waals surface area contributed by atoms with Crippen LogP contribution in [0.15, 0.2) is 67.0 Å². The molecule has 9 nitrogen and oxygen atoms in total. The number of nitrogens with one attached hydrogen (secondary N) is 1. The highest BCUT2D eigenvalue weighted by atomic mass is 32.2. The molecule has 38 heavy (non-hydrogen) atoms. The number of anilines is 1. The van der Waals surface area contributed by atoms with Crippen LogP contribution in [0, 0.1) is 5.92 Å². The van der Waals surface area contributed by atoms with E-state index in [1.807, 2.05) is 48.5 Å². The molecule has 0 radical (unpaired) electrons. The van der Waals surface area contributed by atoms with E-state index in [0.29, 0.717) is 30.5 Å². The van der Waals surface area contributed by atoms with Gasteiger partial charge in [-0.2, -0.15) is 10.1 Å². The predicted molar refractivity (Wildman–Crippen MR) is 147 cm³/mol. The molecule has 198 valence electrons. The minimum absolute atomic E-state index is 0.0564. The fourth-order valence-corrected chi connectivity index (χ4v) is 5.54. The molecule has 0 amide bonds. The second-order valence-electron chi connectivity index (χ2n) is 9.74. The van der Waals surface area contributed by atoms with Crippen LogP contribution < -0.4 is 10.1 Å². The lowest BCUT2D eigenvalue weighted by atomic mass is 9.81. The van der Waals surface area contributed by atoms with Crippen molar-refractivity contribution >= 4 is 32.5 Å². The third kappa shape index (κ3) is 6.19. The SMILES string of the molecule is CS(=O)(=O)CCCOc1cccc2c1cnn2-c1ccnc(N[C@H]2CC[C@H](C(=O)c3ccccc3)CC2)n1. The van der Waals surface area contributed by atoms with Gasteiger partial charge in [-0.25, -0.2) is 18.1 Å². The van der Waals surface area contributed by atoms with Gasteiger partial charge in [0.2, 0.25) is 5.95 Å². The molecule has 1 fully saturated rings. The summed E-state index contributed by atoms with van der Waals surface area (Å²) < 4.78 is 30.3. The lowest BCUT2D eigenvalue weighted by molar-refractivity contribution is 0.0886. The highest BCUT2D eigenvalue weighted by molar-refractivity contribution is 7.90. The van der Waals surface area contributed by atoms with Crippen LogP contribution in [0.5, 0.6) is 5.75 Å². The quantitative estimate of drug-likeness (QED) is 0.234. The number of benzene rings is 2. The number of fused-ring (bicyclic) bond motifs is 1. The smallest absolute Gasteiger partial charge is 0.224 e. The fourth-order valence-electron chi connectivity index (χ4n) is 4.89. The molecular weight excluding hydrogens is 502 g/mol. The Balaban J connectivity index is 1.23. The Kier molecular flexibility index (Phi) is 7.69. The van der Waals surface area contributed by atoms with Crippen LogP contribution in [0.1, 0.15) is 42.5 Å². The van der Waals surface area contributed by atoms with Crippen LogP contribution in [0.3, 0.4) is 0 Å². The number of sulfone groups is 1. The third-order valence-corrected chi connectivity index (χ3v) is 7.87. The molecule has 0 bridgehead atoms. The highest BCUT2D eigenvalue weighted by Gasteiger charge is 2.27. The van der Waals surface area contributed by atoms with Crippen LogP contribution in [0.25, 0.3) is 16.7 Å². The standard InChI is InChI=1S/C28H31N5O4S/c1-38(35,36)18-6-17-37-25-10-5-9-24-23(25)19-30-33(24)26-15-16-29-28(32-26)31-22-13-11-21(12-14-22)27(34)20-7-3-2-4-8-20/h2-5,7-10,15-16,19,21-22H,6,11-14,17-18H2,1H3,(H,29,31,32)/t21-,22-. The van der Waals surface area contributed by atoms with Crippen molar-refractivity contribution in [3.8, 4) is 11.6 Å². The first-order valence-corrected chi connectivity index (χ1v) is 14.9. The summed E-state index contributed by atoms with van der Waals surface area (Å²) in [6.45, 7) is 0.304. The summed E-state index contributed by atoms with van der Waals surface area (Å²) in [7, 11) is -3.02. The van der Waals surface area contributed by atoms with Crippen molar-refractivity contribution < 1.29 is 17.9 Å². The van der Waals surface area contributed by atoms with E-state index >= 15 is 0 Å². The molecule has 1 aliphatic carbocycles. The average molecular weight is 534 g/mol. The molecule has 0 aliphatic heterocycles. The zero-order chi connectivity index (χ0) is 26.5. The first-order valence-electron chi connectivity index (χ1n) is 12.8. The van der Waals surface area contributed by atoms with Crippen LogP contribution in [0.4, 0.5) is 5.95 Å². The van der Waals surface area contributed by atoms with E-state index in [1.165, 1.54) is 6.26 Å². The van der Waals surface area contributed by atoms with Gasteiger partial charge in [0.1, 0.15) is 15.6 Å². The van der Waals surface area contributed by atoms with Crippen molar-refractivity contribution in [3.63, 3.8) is 0 Å². The van der Waals surface area contributed by atoms with Crippen LogP contribution in [0.2, 0.25) is 0 Å². The third-order valence-electron chi connectivity index (χ3n) is 6.84. The number of aromatic nitrogens is 4. The van der Waals surface area contributed by atoms with Crippen LogP contribution in [-0.2, 0) is 9.84 Å². The molecule has 4 aromatic rings. The molecule has 5 rings (SSSR count). The lowest BCUT2D eigenvalue weighted by Gasteiger charge is -2.28. The monoisotopic (exact) mass is 533 g/mol. The Morgan fingerprint density at radius 1 is 1.05 bits per heavy atom. The van der Waals surface area contributed by atoms with E-state index in [-0.39, 0.29) is 23.5 Å². The minimum atomic E-state index is -3.02. The Morgan fingerprint density at radius 3 is 2.61 bits per heavy atom. The average Bonchev–Trinajstić information content (AvgIpc) is 3.36. The van der Waals surface area contributed by atoms with Gasteiger partial charge in [-0.1, -0.05) is 36.4 Å². The van der Waals surface area contributed by atoms with Crippen molar-refractivity contribution in [3.05, 3.63) is 72.6 Å². The summed E-state index contributed by atoms with van der Waals surface area (Å²) in [6.07, 6.45) is 8.50. The lowest BCUT2D eigenvalue weighted by Crippen LogP contribution is -2.30. The van der Waals surface area contributed by atoms with Crippen LogP contribution in [-0.4, -0.2) is 58.6 Å². The fraction of sp³-hybridized carbons (Fsp3) is 0.357. The second-order valence-corrected chi connectivity index (χ2v) is 12.0. The van der Waals surface area contributed by atoms with Crippen molar-refractivity contribution in [1.82, 2.24) is 19.7 Å². The molecule has 0 saturated heterocycles. The Hall–Kier alpha value is -3.79. The van der Waals surface area contributed by atoms with E-state index < -0.39 is 9.84 Å². The van der Waals surface area contributed by atoms with E-state index in [0.717, 1.165) is 42.1 Å².